The Balaban J connectivity index is 1.74. The highest BCUT2D eigenvalue weighted by atomic mass is 35.5. The minimum atomic E-state index is 0.321. The number of fused-ring (bicyclic) bond motifs is 1. The van der Waals surface area contributed by atoms with Crippen LogP contribution in [0.15, 0.2) is 0 Å². The van der Waals surface area contributed by atoms with Gasteiger partial charge in [0.15, 0.2) is 11.0 Å². The number of ether oxygens (including phenoxy) is 1. The van der Waals surface area contributed by atoms with Gasteiger partial charge in [-0.05, 0) is 44.1 Å². The average Bonchev–Trinajstić information content (AvgIpc) is 2.92. The van der Waals surface area contributed by atoms with E-state index < -0.39 is 0 Å². The topological polar surface area (TPSA) is 47.0 Å². The third kappa shape index (κ3) is 2.45. The van der Waals surface area contributed by atoms with Gasteiger partial charge in [0.2, 0.25) is 0 Å². The van der Waals surface area contributed by atoms with Crippen molar-refractivity contribution in [1.29, 1.82) is 0 Å². The van der Waals surface area contributed by atoms with E-state index in [1.54, 1.807) is 0 Å². The molecule has 98 valence electrons. The number of halogens is 1. The normalized spacial score (nSPS) is 22.8. The van der Waals surface area contributed by atoms with Crippen molar-refractivity contribution in [2.45, 2.75) is 44.6 Å². The number of aromatic nitrogens is 2. The summed E-state index contributed by atoms with van der Waals surface area (Å²) in [6.45, 7) is 1.71. The molecule has 4 nitrogen and oxygen atoms in total. The summed E-state index contributed by atoms with van der Waals surface area (Å²) in [6.07, 6.45) is 7.11. The van der Waals surface area contributed by atoms with Gasteiger partial charge in [-0.15, -0.1) is 10.2 Å². The minimum absolute atomic E-state index is 0.321. The summed E-state index contributed by atoms with van der Waals surface area (Å²) in [4.78, 5) is 0. The third-order valence-electron chi connectivity index (χ3n) is 3.76. The molecule has 18 heavy (non-hydrogen) atoms. The van der Waals surface area contributed by atoms with Crippen molar-refractivity contribution in [1.82, 2.24) is 10.2 Å². The monoisotopic (exact) mass is 267 g/mol. The van der Waals surface area contributed by atoms with Crippen LogP contribution in [0.3, 0.4) is 0 Å². The van der Waals surface area contributed by atoms with Gasteiger partial charge >= 0.3 is 0 Å². The molecule has 5 heteroatoms. The van der Waals surface area contributed by atoms with E-state index in [-0.39, 0.29) is 0 Å². The SMILES string of the molecule is Clc1nnc(NCC2CCCO2)c2c1CCCC2. The molecular weight excluding hydrogens is 250 g/mol. The Hall–Kier alpha value is -0.870. The van der Waals surface area contributed by atoms with Crippen LogP contribution in [0.4, 0.5) is 5.82 Å². The highest BCUT2D eigenvalue weighted by molar-refractivity contribution is 6.30. The molecule has 1 aliphatic heterocycles. The zero-order valence-electron chi connectivity index (χ0n) is 10.4. The van der Waals surface area contributed by atoms with Crippen LogP contribution in [0.5, 0.6) is 0 Å². The predicted molar refractivity (Wildman–Crippen MR) is 71.1 cm³/mol. The van der Waals surface area contributed by atoms with E-state index in [4.69, 9.17) is 16.3 Å². The summed E-state index contributed by atoms with van der Waals surface area (Å²) in [5, 5.41) is 12.2. The molecule has 0 radical (unpaired) electrons. The highest BCUT2D eigenvalue weighted by Crippen LogP contribution is 2.30. The lowest BCUT2D eigenvalue weighted by Crippen LogP contribution is -2.21. The summed E-state index contributed by atoms with van der Waals surface area (Å²) in [5.41, 5.74) is 2.45. The van der Waals surface area contributed by atoms with Crippen molar-refractivity contribution >= 4 is 17.4 Å². The van der Waals surface area contributed by atoms with Crippen LogP contribution in [0.25, 0.3) is 0 Å². The quantitative estimate of drug-likeness (QED) is 0.915. The van der Waals surface area contributed by atoms with Gasteiger partial charge in [-0.25, -0.2) is 0 Å². The summed E-state index contributed by atoms with van der Waals surface area (Å²) in [6, 6.07) is 0. The standard InChI is InChI=1S/C13H18ClN3O/c14-12-10-5-1-2-6-11(10)13(17-16-12)15-8-9-4-3-7-18-9/h9H,1-8H2,(H,15,17). The fraction of sp³-hybridized carbons (Fsp3) is 0.692. The summed E-state index contributed by atoms with van der Waals surface area (Å²) in [7, 11) is 0. The number of rotatable bonds is 3. The van der Waals surface area contributed by atoms with Crippen LogP contribution in [0.2, 0.25) is 5.15 Å². The Morgan fingerprint density at radius 3 is 2.78 bits per heavy atom. The Morgan fingerprint density at radius 1 is 1.17 bits per heavy atom. The Labute approximate surface area is 112 Å². The van der Waals surface area contributed by atoms with Crippen LogP contribution in [-0.4, -0.2) is 29.5 Å². The first-order valence-corrected chi connectivity index (χ1v) is 7.12. The lowest BCUT2D eigenvalue weighted by molar-refractivity contribution is 0.120. The molecule has 1 aromatic rings. The second kappa shape index (κ2) is 5.41. The van der Waals surface area contributed by atoms with Gasteiger partial charge in [0.1, 0.15) is 0 Å². The fourth-order valence-corrected chi connectivity index (χ4v) is 3.01. The minimum Gasteiger partial charge on any atom is -0.376 e. The maximum Gasteiger partial charge on any atom is 0.155 e. The Morgan fingerprint density at radius 2 is 2.00 bits per heavy atom. The largest absolute Gasteiger partial charge is 0.376 e. The molecule has 1 atom stereocenters. The molecule has 3 rings (SSSR count). The molecule has 1 aromatic heterocycles. The van der Waals surface area contributed by atoms with Crippen molar-refractivity contribution in [2.24, 2.45) is 0 Å². The second-order valence-electron chi connectivity index (χ2n) is 5.02. The zero-order valence-corrected chi connectivity index (χ0v) is 11.2. The first-order chi connectivity index (χ1) is 8.84. The van der Waals surface area contributed by atoms with Crippen LogP contribution in [-0.2, 0) is 17.6 Å². The van der Waals surface area contributed by atoms with E-state index in [2.05, 4.69) is 15.5 Å². The summed E-state index contributed by atoms with van der Waals surface area (Å²) >= 11 is 6.12. The van der Waals surface area contributed by atoms with Crippen molar-refractivity contribution in [2.75, 3.05) is 18.5 Å². The average molecular weight is 268 g/mol. The lowest BCUT2D eigenvalue weighted by Gasteiger charge is -2.20. The van der Waals surface area contributed by atoms with Gasteiger partial charge < -0.3 is 10.1 Å². The zero-order chi connectivity index (χ0) is 12.4. The van der Waals surface area contributed by atoms with E-state index in [1.165, 1.54) is 24.0 Å². The van der Waals surface area contributed by atoms with Crippen molar-refractivity contribution in [3.8, 4) is 0 Å². The molecule has 1 aliphatic carbocycles. The first kappa shape index (κ1) is 12.2. The van der Waals surface area contributed by atoms with Gasteiger partial charge in [-0.2, -0.15) is 0 Å². The third-order valence-corrected chi connectivity index (χ3v) is 4.07. The molecule has 2 heterocycles. The highest BCUT2D eigenvalue weighted by Gasteiger charge is 2.20. The predicted octanol–water partition coefficient (Wildman–Crippen LogP) is 2.60. The van der Waals surface area contributed by atoms with Crippen LogP contribution >= 0.6 is 11.6 Å². The van der Waals surface area contributed by atoms with Gasteiger partial charge in [-0.1, -0.05) is 11.6 Å². The Bertz CT molecular complexity index is 432. The van der Waals surface area contributed by atoms with E-state index in [0.717, 1.165) is 44.7 Å². The molecule has 2 aliphatic rings. The molecule has 1 N–H and O–H groups in total. The van der Waals surface area contributed by atoms with Gasteiger partial charge in [0.05, 0.1) is 6.10 Å². The van der Waals surface area contributed by atoms with Gasteiger partial charge in [0.25, 0.3) is 0 Å². The number of hydrogen-bond acceptors (Lipinski definition) is 4. The molecule has 0 aromatic carbocycles. The second-order valence-corrected chi connectivity index (χ2v) is 5.38. The molecule has 1 unspecified atom stereocenters. The van der Waals surface area contributed by atoms with E-state index in [0.29, 0.717) is 11.3 Å². The molecule has 0 spiro atoms. The fourth-order valence-electron chi connectivity index (χ4n) is 2.77. The van der Waals surface area contributed by atoms with Crippen molar-refractivity contribution < 1.29 is 4.74 Å². The van der Waals surface area contributed by atoms with Gasteiger partial charge in [-0.3, -0.25) is 0 Å². The van der Waals surface area contributed by atoms with E-state index >= 15 is 0 Å². The van der Waals surface area contributed by atoms with E-state index in [9.17, 15) is 0 Å². The number of nitrogens with one attached hydrogen (secondary N) is 1. The molecule has 0 amide bonds. The molecule has 0 saturated carbocycles. The van der Waals surface area contributed by atoms with Crippen LogP contribution < -0.4 is 5.32 Å². The van der Waals surface area contributed by atoms with Crippen LogP contribution in [0.1, 0.15) is 36.8 Å². The maximum atomic E-state index is 6.12. The first-order valence-electron chi connectivity index (χ1n) is 6.74. The summed E-state index contributed by atoms with van der Waals surface area (Å²) < 4.78 is 5.61. The van der Waals surface area contributed by atoms with Crippen molar-refractivity contribution in [3.05, 3.63) is 16.3 Å². The smallest absolute Gasteiger partial charge is 0.155 e. The van der Waals surface area contributed by atoms with Gasteiger partial charge in [0, 0.05) is 18.7 Å². The van der Waals surface area contributed by atoms with E-state index in [1.807, 2.05) is 0 Å². The number of anilines is 1. The maximum absolute atomic E-state index is 6.12. The molecule has 0 bridgehead atoms. The number of hydrogen-bond donors (Lipinski definition) is 1. The number of nitrogens with zero attached hydrogens (tertiary/aromatic N) is 2. The van der Waals surface area contributed by atoms with Crippen molar-refractivity contribution in [3.63, 3.8) is 0 Å². The lowest BCUT2D eigenvalue weighted by atomic mass is 9.93. The molecule has 1 fully saturated rings. The Kier molecular flexibility index (Phi) is 3.66. The van der Waals surface area contributed by atoms with Crippen LogP contribution in [0, 0.1) is 0 Å². The summed E-state index contributed by atoms with van der Waals surface area (Å²) in [5.74, 6) is 0.907. The molecule has 1 saturated heterocycles. The molecular formula is C13H18ClN3O.